The van der Waals surface area contributed by atoms with Crippen LogP contribution in [0.2, 0.25) is 0 Å². The number of rotatable bonds is 9. The van der Waals surface area contributed by atoms with Crippen LogP contribution in [0.1, 0.15) is 38.1 Å². The van der Waals surface area contributed by atoms with Crippen molar-refractivity contribution in [3.05, 3.63) is 100 Å². The maximum atomic E-state index is 13.5. The molecular weight excluding hydrogens is 451 g/mol. The van der Waals surface area contributed by atoms with E-state index in [1.807, 2.05) is 24.3 Å². The number of aromatic nitrogens is 2. The summed E-state index contributed by atoms with van der Waals surface area (Å²) in [7, 11) is 0. The van der Waals surface area contributed by atoms with E-state index in [9.17, 15) is 14.0 Å². The lowest BCUT2D eigenvalue weighted by Gasteiger charge is -2.13. The Morgan fingerprint density at radius 1 is 1.03 bits per heavy atom. The number of Topliss-reactive ketones (excluding diaryl/α,β-unsaturated/α-hetero) is 1. The Bertz CT molecular complexity index is 1310. The molecule has 0 atom stereocenters. The first-order valence-electron chi connectivity index (χ1n) is 10.8. The number of benzene rings is 1. The van der Waals surface area contributed by atoms with Crippen molar-refractivity contribution in [1.82, 2.24) is 15.3 Å². The number of nitrogens with zero attached hydrogens (tertiary/aromatic N) is 2. The monoisotopic (exact) mass is 474 g/mol. The van der Waals surface area contributed by atoms with Crippen molar-refractivity contribution in [2.45, 2.75) is 19.9 Å². The van der Waals surface area contributed by atoms with Crippen molar-refractivity contribution in [1.29, 1.82) is 0 Å². The van der Waals surface area contributed by atoms with Gasteiger partial charge < -0.3 is 10.6 Å². The highest BCUT2D eigenvalue weighted by Crippen LogP contribution is 2.29. The summed E-state index contributed by atoms with van der Waals surface area (Å²) in [5.41, 5.74) is 2.79. The van der Waals surface area contributed by atoms with E-state index < -0.39 is 0 Å². The summed E-state index contributed by atoms with van der Waals surface area (Å²) in [6.07, 6.45) is 3.94. The molecule has 3 aromatic heterocycles. The lowest BCUT2D eigenvalue weighted by molar-refractivity contribution is 0.0950. The third kappa shape index (κ3) is 5.90. The van der Waals surface area contributed by atoms with Crippen LogP contribution in [-0.4, -0.2) is 28.2 Å². The van der Waals surface area contributed by atoms with E-state index in [1.165, 1.54) is 30.4 Å². The highest BCUT2D eigenvalue weighted by Gasteiger charge is 2.16. The van der Waals surface area contributed by atoms with Gasteiger partial charge in [0, 0.05) is 25.5 Å². The number of nitrogens with one attached hydrogen (secondary N) is 2. The van der Waals surface area contributed by atoms with E-state index in [1.54, 1.807) is 36.7 Å². The summed E-state index contributed by atoms with van der Waals surface area (Å²) in [5, 5.41) is 6.13. The smallest absolute Gasteiger partial charge is 0.255 e. The van der Waals surface area contributed by atoms with Gasteiger partial charge in [0.1, 0.15) is 11.6 Å². The number of hydrogen-bond donors (Lipinski definition) is 2. The average molecular weight is 475 g/mol. The number of halogens is 1. The van der Waals surface area contributed by atoms with Gasteiger partial charge >= 0.3 is 0 Å². The number of ketones is 1. The number of hydrogen-bond acceptors (Lipinski definition) is 6. The van der Waals surface area contributed by atoms with Crippen LogP contribution in [0.5, 0.6) is 0 Å². The zero-order valence-corrected chi connectivity index (χ0v) is 19.4. The fourth-order valence-corrected chi connectivity index (χ4v) is 4.25. The van der Waals surface area contributed by atoms with Crippen LogP contribution in [0.25, 0.3) is 10.6 Å². The predicted molar refractivity (Wildman–Crippen MR) is 132 cm³/mol. The summed E-state index contributed by atoms with van der Waals surface area (Å²) in [6.45, 7) is 2.33. The van der Waals surface area contributed by atoms with E-state index in [4.69, 9.17) is 0 Å². The highest BCUT2D eigenvalue weighted by atomic mass is 32.1. The summed E-state index contributed by atoms with van der Waals surface area (Å²) >= 11 is 1.36. The Morgan fingerprint density at radius 2 is 1.88 bits per heavy atom. The van der Waals surface area contributed by atoms with E-state index in [0.717, 1.165) is 16.0 Å². The first-order valence-corrected chi connectivity index (χ1v) is 11.6. The average Bonchev–Trinajstić information content (AvgIpc) is 3.34. The second kappa shape index (κ2) is 10.8. The van der Waals surface area contributed by atoms with Gasteiger partial charge in [0.25, 0.3) is 5.91 Å². The standard InChI is InChI=1S/C26H23FN4O2S/c1-17(32)23-9-10-24(34-23)22-8-7-21(26(33)30-16-19-5-3-12-28-15-19)25(31-22)29-13-11-18-4-2-6-20(27)14-18/h2-10,12,14-15H,11,13,16H2,1H3,(H,29,31)(H,30,33). The third-order valence-electron chi connectivity index (χ3n) is 5.12. The van der Waals surface area contributed by atoms with Gasteiger partial charge in [0.2, 0.25) is 0 Å². The molecule has 0 bridgehead atoms. The first kappa shape index (κ1) is 23.3. The van der Waals surface area contributed by atoms with Crippen molar-refractivity contribution in [3.63, 3.8) is 0 Å². The molecule has 0 radical (unpaired) electrons. The van der Waals surface area contributed by atoms with Crippen LogP contribution in [0.15, 0.2) is 73.1 Å². The number of carbonyl (C=O) groups is 2. The van der Waals surface area contributed by atoms with Gasteiger partial charge in [-0.25, -0.2) is 9.37 Å². The van der Waals surface area contributed by atoms with Crippen LogP contribution in [0.4, 0.5) is 10.2 Å². The van der Waals surface area contributed by atoms with E-state index in [0.29, 0.717) is 41.5 Å². The fraction of sp³-hybridized carbons (Fsp3) is 0.154. The maximum Gasteiger partial charge on any atom is 0.255 e. The van der Waals surface area contributed by atoms with E-state index in [-0.39, 0.29) is 17.5 Å². The number of anilines is 1. The molecule has 0 aliphatic heterocycles. The Hall–Kier alpha value is -3.91. The van der Waals surface area contributed by atoms with Crippen LogP contribution < -0.4 is 10.6 Å². The largest absolute Gasteiger partial charge is 0.369 e. The summed E-state index contributed by atoms with van der Waals surface area (Å²) < 4.78 is 13.5. The molecule has 4 rings (SSSR count). The van der Waals surface area contributed by atoms with Gasteiger partial charge in [-0.15, -0.1) is 11.3 Å². The molecule has 0 saturated carbocycles. The van der Waals surface area contributed by atoms with Crippen LogP contribution in [0, 0.1) is 5.82 Å². The summed E-state index contributed by atoms with van der Waals surface area (Å²) in [5.74, 6) is -0.134. The molecule has 1 amide bonds. The minimum atomic E-state index is -0.285. The molecule has 0 unspecified atom stereocenters. The lowest BCUT2D eigenvalue weighted by atomic mass is 10.1. The first-order chi connectivity index (χ1) is 16.5. The molecule has 8 heteroatoms. The number of pyridine rings is 2. The SMILES string of the molecule is CC(=O)c1ccc(-c2ccc(C(=O)NCc3cccnc3)c(NCCc3cccc(F)c3)n2)s1. The van der Waals surface area contributed by atoms with Gasteiger partial charge in [0.15, 0.2) is 5.78 Å². The van der Waals surface area contributed by atoms with Gasteiger partial charge in [-0.2, -0.15) is 0 Å². The van der Waals surface area contributed by atoms with E-state index >= 15 is 0 Å². The molecule has 0 aliphatic carbocycles. The van der Waals surface area contributed by atoms with Crippen molar-refractivity contribution >= 4 is 28.8 Å². The maximum absolute atomic E-state index is 13.5. The lowest BCUT2D eigenvalue weighted by Crippen LogP contribution is -2.24. The van der Waals surface area contributed by atoms with Crippen molar-refractivity contribution in [3.8, 4) is 10.6 Å². The molecule has 3 heterocycles. The Morgan fingerprint density at radius 3 is 2.62 bits per heavy atom. The normalized spacial score (nSPS) is 10.6. The van der Waals surface area contributed by atoms with Crippen molar-refractivity contribution < 1.29 is 14.0 Å². The van der Waals surface area contributed by atoms with Crippen molar-refractivity contribution in [2.75, 3.05) is 11.9 Å². The number of amides is 1. The third-order valence-corrected chi connectivity index (χ3v) is 6.32. The van der Waals surface area contributed by atoms with Crippen LogP contribution in [-0.2, 0) is 13.0 Å². The van der Waals surface area contributed by atoms with Crippen LogP contribution in [0.3, 0.4) is 0 Å². The minimum Gasteiger partial charge on any atom is -0.369 e. The van der Waals surface area contributed by atoms with Gasteiger partial charge in [-0.05, 0) is 66.9 Å². The second-order valence-electron chi connectivity index (χ2n) is 7.66. The molecular formula is C26H23FN4O2S. The molecule has 172 valence electrons. The van der Waals surface area contributed by atoms with Crippen LogP contribution >= 0.6 is 11.3 Å². The quantitative estimate of drug-likeness (QED) is 0.329. The zero-order chi connectivity index (χ0) is 23.9. The van der Waals surface area contributed by atoms with E-state index in [2.05, 4.69) is 20.6 Å². The van der Waals surface area contributed by atoms with Gasteiger partial charge in [-0.3, -0.25) is 14.6 Å². The number of thiophene rings is 1. The van der Waals surface area contributed by atoms with Crippen molar-refractivity contribution in [2.24, 2.45) is 0 Å². The molecule has 6 nitrogen and oxygen atoms in total. The van der Waals surface area contributed by atoms with Gasteiger partial charge in [-0.1, -0.05) is 18.2 Å². The molecule has 4 aromatic rings. The molecule has 0 aliphatic rings. The molecule has 0 saturated heterocycles. The molecule has 1 aromatic carbocycles. The molecule has 0 fully saturated rings. The molecule has 34 heavy (non-hydrogen) atoms. The molecule has 0 spiro atoms. The summed E-state index contributed by atoms with van der Waals surface area (Å²) in [4.78, 5) is 34.9. The Labute approximate surface area is 200 Å². The van der Waals surface area contributed by atoms with Gasteiger partial charge in [0.05, 0.1) is 21.0 Å². The zero-order valence-electron chi connectivity index (χ0n) is 18.5. The fourth-order valence-electron chi connectivity index (χ4n) is 3.38. The summed E-state index contributed by atoms with van der Waals surface area (Å²) in [6, 6.07) is 17.2. The Kier molecular flexibility index (Phi) is 7.39. The minimum absolute atomic E-state index is 0.00362. The second-order valence-corrected chi connectivity index (χ2v) is 8.75. The molecule has 2 N–H and O–H groups in total. The Balaban J connectivity index is 1.55. The topological polar surface area (TPSA) is 84.0 Å². The number of carbonyl (C=O) groups excluding carboxylic acids is 2. The predicted octanol–water partition coefficient (Wildman–Crippen LogP) is 5.13. The highest BCUT2D eigenvalue weighted by molar-refractivity contribution is 7.17.